The number of hydrogen-bond donors (Lipinski definition) is 2. The molecule has 2 aromatic carbocycles. The van der Waals surface area contributed by atoms with Crippen LogP contribution in [0.4, 0.5) is 38.4 Å². The molecule has 1 aliphatic rings. The molecule has 1 aromatic heterocycles. The van der Waals surface area contributed by atoms with Crippen LogP contribution in [0.3, 0.4) is 0 Å². The van der Waals surface area contributed by atoms with Crippen LogP contribution in [0.25, 0.3) is 0 Å². The van der Waals surface area contributed by atoms with Crippen molar-refractivity contribution in [1.29, 1.82) is 0 Å². The van der Waals surface area contributed by atoms with Gasteiger partial charge in [-0.15, -0.1) is 0 Å². The summed E-state index contributed by atoms with van der Waals surface area (Å²) in [5.74, 6) is -2.00. The van der Waals surface area contributed by atoms with Crippen molar-refractivity contribution < 1.29 is 31.6 Å². The lowest BCUT2D eigenvalue weighted by Gasteiger charge is -2.32. The summed E-state index contributed by atoms with van der Waals surface area (Å²) in [5, 5.41) is 6.23. The Kier molecular flexibility index (Phi) is 7.74. The van der Waals surface area contributed by atoms with Crippen LogP contribution in [0.15, 0.2) is 53.8 Å². The predicted octanol–water partition coefficient (Wildman–Crippen LogP) is 5.57. The van der Waals surface area contributed by atoms with Crippen molar-refractivity contribution in [2.75, 3.05) is 24.1 Å². The molecule has 0 radical (unpaired) electrons. The van der Waals surface area contributed by atoms with Gasteiger partial charge in [0.05, 0.1) is 17.0 Å². The Labute approximate surface area is 214 Å². The van der Waals surface area contributed by atoms with Crippen molar-refractivity contribution in [3.63, 3.8) is 0 Å². The van der Waals surface area contributed by atoms with E-state index in [1.54, 1.807) is 6.92 Å². The predicted molar refractivity (Wildman–Crippen MR) is 130 cm³/mol. The molecule has 1 fully saturated rings. The third kappa shape index (κ3) is 6.15. The first-order valence-electron chi connectivity index (χ1n) is 11.5. The second-order valence-corrected chi connectivity index (χ2v) is 8.61. The Morgan fingerprint density at radius 3 is 2.45 bits per heavy atom. The summed E-state index contributed by atoms with van der Waals surface area (Å²) in [6, 6.07) is 6.99. The quantitative estimate of drug-likeness (QED) is 0.253. The number of nitrogens with zero attached hydrogens (tertiary/aromatic N) is 4. The summed E-state index contributed by atoms with van der Waals surface area (Å²) in [6.07, 6.45) is -2.16. The first-order chi connectivity index (χ1) is 18.0. The monoisotopic (exact) mass is 534 g/mol. The van der Waals surface area contributed by atoms with Gasteiger partial charge in [-0.2, -0.15) is 13.2 Å². The van der Waals surface area contributed by atoms with Gasteiger partial charge in [-0.1, -0.05) is 17.3 Å². The highest BCUT2D eigenvalue weighted by Crippen LogP contribution is 2.32. The number of aromatic nitrogens is 2. The summed E-state index contributed by atoms with van der Waals surface area (Å²) in [7, 11) is 0. The van der Waals surface area contributed by atoms with E-state index >= 15 is 0 Å². The van der Waals surface area contributed by atoms with E-state index in [-0.39, 0.29) is 30.7 Å². The Morgan fingerprint density at radius 2 is 1.79 bits per heavy atom. The van der Waals surface area contributed by atoms with Crippen LogP contribution in [0.1, 0.15) is 42.5 Å². The fraction of sp³-hybridized carbons (Fsp3) is 0.280. The number of oxime groups is 1. The van der Waals surface area contributed by atoms with Crippen LogP contribution < -0.4 is 15.9 Å². The van der Waals surface area contributed by atoms with Gasteiger partial charge in [0, 0.05) is 30.8 Å². The number of rotatable bonds is 5. The molecule has 1 saturated heterocycles. The molecule has 0 spiro atoms. The number of hydrogen-bond acceptors (Lipinski definition) is 6. The number of likely N-dealkylation sites (tertiary alicyclic amines) is 1. The molecular weight excluding hydrogens is 511 g/mol. The van der Waals surface area contributed by atoms with Crippen molar-refractivity contribution in [2.45, 2.75) is 31.9 Å². The van der Waals surface area contributed by atoms with Crippen molar-refractivity contribution >= 4 is 23.4 Å². The van der Waals surface area contributed by atoms with Gasteiger partial charge in [-0.25, -0.2) is 23.5 Å². The number of anilines is 2. The average Bonchev–Trinajstić information content (AvgIpc) is 2.89. The van der Waals surface area contributed by atoms with Gasteiger partial charge in [-0.3, -0.25) is 0 Å². The Hall–Kier alpha value is -4.29. The fourth-order valence-electron chi connectivity index (χ4n) is 4.06. The van der Waals surface area contributed by atoms with Gasteiger partial charge < -0.3 is 20.8 Å². The number of amides is 2. The second-order valence-electron chi connectivity index (χ2n) is 8.61. The average molecular weight is 534 g/mol. The number of halogens is 5. The molecule has 0 bridgehead atoms. The molecule has 3 aromatic rings. The number of piperidine rings is 1. The van der Waals surface area contributed by atoms with Crippen LogP contribution in [0.2, 0.25) is 0 Å². The number of carbonyl (C=O) groups is 1. The van der Waals surface area contributed by atoms with Crippen LogP contribution >= 0.6 is 0 Å². The number of benzene rings is 2. The van der Waals surface area contributed by atoms with Crippen molar-refractivity contribution in [1.82, 2.24) is 14.9 Å². The molecule has 0 saturated carbocycles. The topological polar surface area (TPSA) is 106 Å². The Balaban J connectivity index is 1.46. The molecule has 2 heterocycles. The minimum Gasteiger partial charge on any atom is -0.368 e. The lowest BCUT2D eigenvalue weighted by atomic mass is 9.90. The van der Waals surface area contributed by atoms with E-state index in [9.17, 15) is 26.7 Å². The van der Waals surface area contributed by atoms with Crippen LogP contribution in [0.5, 0.6) is 5.75 Å². The van der Waals surface area contributed by atoms with E-state index in [4.69, 9.17) is 10.6 Å². The zero-order valence-electron chi connectivity index (χ0n) is 20.1. The SMILES string of the molecule is C/C(=N\Oc1cccc(C(F)(F)F)c1)c1cnc(N)nc1C1CCN(C(=O)Nc2c(F)cccc2F)CC1. The summed E-state index contributed by atoms with van der Waals surface area (Å²) in [6.45, 7) is 2.14. The lowest BCUT2D eigenvalue weighted by Crippen LogP contribution is -2.41. The maximum absolute atomic E-state index is 13.9. The first kappa shape index (κ1) is 26.8. The van der Waals surface area contributed by atoms with Gasteiger partial charge in [0.25, 0.3) is 0 Å². The van der Waals surface area contributed by atoms with Crippen LogP contribution in [0, 0.1) is 11.6 Å². The third-order valence-electron chi connectivity index (χ3n) is 6.04. The van der Waals surface area contributed by atoms with Gasteiger partial charge in [0.2, 0.25) is 5.95 Å². The summed E-state index contributed by atoms with van der Waals surface area (Å²) < 4.78 is 66.7. The first-order valence-corrected chi connectivity index (χ1v) is 11.5. The zero-order valence-corrected chi connectivity index (χ0v) is 20.1. The van der Waals surface area contributed by atoms with Gasteiger partial charge >= 0.3 is 12.2 Å². The van der Waals surface area contributed by atoms with E-state index in [1.807, 2.05) is 0 Å². The molecule has 13 heteroatoms. The number of carbonyl (C=O) groups excluding carboxylic acids is 1. The standard InChI is InChI=1S/C25H23F5N6O2/c1-14(35-38-17-5-2-4-16(12-17)25(28,29)30)18-13-32-23(31)33-21(18)15-8-10-36(11-9-15)24(37)34-22-19(26)6-3-7-20(22)27/h2-7,12-13,15H,8-11H2,1H3,(H,34,37)(H2,31,32,33)/b35-14+. The van der Waals surface area contributed by atoms with E-state index in [0.717, 1.165) is 24.3 Å². The minimum atomic E-state index is -4.52. The number of para-hydroxylation sites is 1. The highest BCUT2D eigenvalue weighted by Gasteiger charge is 2.31. The molecule has 2 amide bonds. The highest BCUT2D eigenvalue weighted by atomic mass is 19.4. The summed E-state index contributed by atoms with van der Waals surface area (Å²) >= 11 is 0. The molecule has 200 valence electrons. The molecule has 3 N–H and O–H groups in total. The smallest absolute Gasteiger partial charge is 0.368 e. The maximum Gasteiger partial charge on any atom is 0.416 e. The van der Waals surface area contributed by atoms with Crippen LogP contribution in [-0.2, 0) is 6.18 Å². The highest BCUT2D eigenvalue weighted by molar-refractivity contribution is 5.99. The molecule has 0 unspecified atom stereocenters. The van der Waals surface area contributed by atoms with Crippen LogP contribution in [-0.4, -0.2) is 39.7 Å². The van der Waals surface area contributed by atoms with E-state index in [1.165, 1.54) is 29.3 Å². The number of nitrogens with one attached hydrogen (secondary N) is 1. The summed E-state index contributed by atoms with van der Waals surface area (Å²) in [4.78, 5) is 27.6. The largest absolute Gasteiger partial charge is 0.416 e. The number of alkyl halides is 3. The molecular formula is C25H23F5N6O2. The van der Waals surface area contributed by atoms with Crippen molar-refractivity contribution in [3.05, 3.63) is 77.1 Å². The van der Waals surface area contributed by atoms with E-state index in [2.05, 4.69) is 20.4 Å². The normalized spacial score (nSPS) is 14.9. The molecule has 38 heavy (non-hydrogen) atoms. The maximum atomic E-state index is 13.9. The number of urea groups is 1. The van der Waals surface area contributed by atoms with E-state index in [0.29, 0.717) is 29.8 Å². The molecule has 0 atom stereocenters. The second kappa shape index (κ2) is 11.0. The van der Waals surface area contributed by atoms with Gasteiger partial charge in [-0.05, 0) is 50.1 Å². The molecule has 8 nitrogen and oxygen atoms in total. The Bertz CT molecular complexity index is 1340. The van der Waals surface area contributed by atoms with Gasteiger partial charge in [0.15, 0.2) is 5.75 Å². The van der Waals surface area contributed by atoms with Crippen molar-refractivity contribution in [2.24, 2.45) is 5.16 Å². The molecule has 0 aliphatic carbocycles. The third-order valence-corrected chi connectivity index (χ3v) is 6.04. The molecule has 4 rings (SSSR count). The Morgan fingerprint density at radius 1 is 1.13 bits per heavy atom. The lowest BCUT2D eigenvalue weighted by molar-refractivity contribution is -0.137. The fourth-order valence-corrected chi connectivity index (χ4v) is 4.06. The van der Waals surface area contributed by atoms with Gasteiger partial charge in [0.1, 0.15) is 17.3 Å². The van der Waals surface area contributed by atoms with E-state index < -0.39 is 35.1 Å². The molecule has 1 aliphatic heterocycles. The summed E-state index contributed by atoms with van der Waals surface area (Å²) in [5.41, 5.74) is 5.77. The minimum absolute atomic E-state index is 0.0190. The van der Waals surface area contributed by atoms with Crippen molar-refractivity contribution in [3.8, 4) is 5.75 Å². The zero-order chi connectivity index (χ0) is 27.4. The number of nitrogen functional groups attached to an aromatic ring is 1. The number of nitrogens with two attached hydrogens (primary N) is 1.